The second-order valence-corrected chi connectivity index (χ2v) is 5.68. The van der Waals surface area contributed by atoms with Crippen molar-refractivity contribution in [1.82, 2.24) is 0 Å². The average Bonchev–Trinajstić information content (AvgIpc) is 2.39. The minimum Gasteiger partial charge on any atom is -0.0885 e. The third-order valence-electron chi connectivity index (χ3n) is 3.88. The molecule has 0 aliphatic rings. The maximum absolute atomic E-state index is 2.43. The van der Waals surface area contributed by atoms with Crippen LogP contribution >= 0.6 is 0 Å². The SMILES string of the molecule is CCCCCCCCC/C=C/CC(CC)CCC. The molecule has 108 valence electrons. The van der Waals surface area contributed by atoms with E-state index in [4.69, 9.17) is 0 Å². The highest BCUT2D eigenvalue weighted by molar-refractivity contribution is 4.83. The van der Waals surface area contributed by atoms with Crippen molar-refractivity contribution in [2.75, 3.05) is 0 Å². The molecule has 0 spiro atoms. The number of rotatable bonds is 13. The van der Waals surface area contributed by atoms with E-state index in [1.165, 1.54) is 77.0 Å². The lowest BCUT2D eigenvalue weighted by Crippen LogP contribution is -1.95. The number of allylic oxidation sites excluding steroid dienone is 2. The van der Waals surface area contributed by atoms with Crippen LogP contribution in [-0.2, 0) is 0 Å². The van der Waals surface area contributed by atoms with Crippen molar-refractivity contribution in [3.63, 3.8) is 0 Å². The first-order valence-corrected chi connectivity index (χ1v) is 8.50. The van der Waals surface area contributed by atoms with E-state index in [1.54, 1.807) is 0 Å². The highest BCUT2D eigenvalue weighted by Crippen LogP contribution is 2.16. The Labute approximate surface area is 116 Å². The van der Waals surface area contributed by atoms with Crippen molar-refractivity contribution >= 4 is 0 Å². The largest absolute Gasteiger partial charge is 0.0885 e. The molecule has 0 N–H and O–H groups in total. The molecule has 0 bridgehead atoms. The van der Waals surface area contributed by atoms with Crippen molar-refractivity contribution in [2.24, 2.45) is 5.92 Å². The molecule has 0 radical (unpaired) electrons. The zero-order valence-electron chi connectivity index (χ0n) is 13.2. The first-order chi connectivity index (χ1) is 8.85. The lowest BCUT2D eigenvalue weighted by Gasteiger charge is -2.09. The van der Waals surface area contributed by atoms with Crippen LogP contribution in [0.4, 0.5) is 0 Å². The first kappa shape index (κ1) is 17.7. The van der Waals surface area contributed by atoms with Crippen molar-refractivity contribution in [2.45, 2.75) is 97.8 Å². The van der Waals surface area contributed by atoms with Crippen LogP contribution in [0.25, 0.3) is 0 Å². The van der Waals surface area contributed by atoms with Crippen LogP contribution in [0, 0.1) is 5.92 Å². The molecule has 0 aliphatic heterocycles. The van der Waals surface area contributed by atoms with Gasteiger partial charge < -0.3 is 0 Å². The molecule has 0 aromatic carbocycles. The maximum atomic E-state index is 2.43. The molecular formula is C18H36. The topological polar surface area (TPSA) is 0 Å². The summed E-state index contributed by atoms with van der Waals surface area (Å²) < 4.78 is 0. The molecule has 0 aromatic rings. The van der Waals surface area contributed by atoms with E-state index >= 15 is 0 Å². The predicted molar refractivity (Wildman–Crippen MR) is 85.1 cm³/mol. The summed E-state index contributed by atoms with van der Waals surface area (Å²) >= 11 is 0. The summed E-state index contributed by atoms with van der Waals surface area (Å²) in [6, 6.07) is 0. The number of unbranched alkanes of at least 4 members (excludes halogenated alkanes) is 7. The van der Waals surface area contributed by atoms with Crippen molar-refractivity contribution < 1.29 is 0 Å². The summed E-state index contributed by atoms with van der Waals surface area (Å²) in [7, 11) is 0. The van der Waals surface area contributed by atoms with E-state index in [2.05, 4.69) is 32.9 Å². The fourth-order valence-corrected chi connectivity index (χ4v) is 2.52. The van der Waals surface area contributed by atoms with Crippen LogP contribution in [0.3, 0.4) is 0 Å². The molecule has 0 amide bonds. The van der Waals surface area contributed by atoms with Gasteiger partial charge in [-0.3, -0.25) is 0 Å². The molecule has 0 aromatic heterocycles. The first-order valence-electron chi connectivity index (χ1n) is 8.50. The molecule has 1 atom stereocenters. The molecule has 0 fully saturated rings. The Morgan fingerprint density at radius 2 is 1.39 bits per heavy atom. The van der Waals surface area contributed by atoms with Gasteiger partial charge in [0.25, 0.3) is 0 Å². The molecule has 0 saturated heterocycles. The third-order valence-corrected chi connectivity index (χ3v) is 3.88. The number of hydrogen-bond donors (Lipinski definition) is 0. The van der Waals surface area contributed by atoms with E-state index in [-0.39, 0.29) is 0 Å². The lowest BCUT2D eigenvalue weighted by atomic mass is 9.96. The third kappa shape index (κ3) is 12.2. The van der Waals surface area contributed by atoms with Crippen molar-refractivity contribution in [3.8, 4) is 0 Å². The smallest absolute Gasteiger partial charge is 0.0322 e. The maximum Gasteiger partial charge on any atom is -0.0322 e. The second-order valence-electron chi connectivity index (χ2n) is 5.68. The minimum atomic E-state index is 0.931. The van der Waals surface area contributed by atoms with Gasteiger partial charge >= 0.3 is 0 Å². The fraction of sp³-hybridized carbons (Fsp3) is 0.889. The van der Waals surface area contributed by atoms with Crippen molar-refractivity contribution in [1.29, 1.82) is 0 Å². The Hall–Kier alpha value is -0.260. The molecule has 0 saturated carbocycles. The monoisotopic (exact) mass is 252 g/mol. The molecule has 0 heterocycles. The van der Waals surface area contributed by atoms with Gasteiger partial charge in [-0.15, -0.1) is 0 Å². The molecule has 0 nitrogen and oxygen atoms in total. The summed E-state index contributed by atoms with van der Waals surface area (Å²) in [5, 5.41) is 0. The van der Waals surface area contributed by atoms with Crippen LogP contribution in [0.5, 0.6) is 0 Å². The standard InChI is InChI=1S/C18H36/c1-4-7-8-9-10-11-12-13-14-15-17-18(6-3)16-5-2/h14-15,18H,4-13,16-17H2,1-3H3/b15-14+. The molecule has 1 unspecified atom stereocenters. The molecular weight excluding hydrogens is 216 g/mol. The van der Waals surface area contributed by atoms with Crippen LogP contribution in [-0.4, -0.2) is 0 Å². The zero-order valence-corrected chi connectivity index (χ0v) is 13.2. The van der Waals surface area contributed by atoms with Gasteiger partial charge in [0.15, 0.2) is 0 Å². The Balaban J connectivity index is 3.26. The highest BCUT2D eigenvalue weighted by Gasteiger charge is 2.01. The summed E-state index contributed by atoms with van der Waals surface area (Å²) in [6.07, 6.45) is 21.5. The molecule has 18 heavy (non-hydrogen) atoms. The number of hydrogen-bond acceptors (Lipinski definition) is 0. The highest BCUT2D eigenvalue weighted by atomic mass is 14.1. The molecule has 0 heteroatoms. The summed E-state index contributed by atoms with van der Waals surface area (Å²) in [6.45, 7) is 6.91. The van der Waals surface area contributed by atoms with Gasteiger partial charge in [0.05, 0.1) is 0 Å². The van der Waals surface area contributed by atoms with Gasteiger partial charge in [-0.25, -0.2) is 0 Å². The van der Waals surface area contributed by atoms with Crippen LogP contribution in [0.2, 0.25) is 0 Å². The van der Waals surface area contributed by atoms with Gasteiger partial charge in [0.2, 0.25) is 0 Å². The summed E-state index contributed by atoms with van der Waals surface area (Å²) in [4.78, 5) is 0. The van der Waals surface area contributed by atoms with Gasteiger partial charge in [0.1, 0.15) is 0 Å². The minimum absolute atomic E-state index is 0.931. The Bertz CT molecular complexity index is 169. The van der Waals surface area contributed by atoms with Crippen LogP contribution in [0.1, 0.15) is 97.8 Å². The van der Waals surface area contributed by atoms with Gasteiger partial charge in [-0.1, -0.05) is 90.7 Å². The molecule has 0 aliphatic carbocycles. The lowest BCUT2D eigenvalue weighted by molar-refractivity contribution is 0.469. The zero-order chi connectivity index (χ0) is 13.5. The molecule has 0 rings (SSSR count). The van der Waals surface area contributed by atoms with Gasteiger partial charge in [-0.05, 0) is 25.2 Å². The Kier molecular flexibility index (Phi) is 14.6. The van der Waals surface area contributed by atoms with E-state index < -0.39 is 0 Å². The van der Waals surface area contributed by atoms with Gasteiger partial charge in [0, 0.05) is 0 Å². The van der Waals surface area contributed by atoms with E-state index in [1.807, 2.05) is 0 Å². The van der Waals surface area contributed by atoms with Crippen LogP contribution in [0.15, 0.2) is 12.2 Å². The predicted octanol–water partition coefficient (Wildman–Crippen LogP) is 6.90. The van der Waals surface area contributed by atoms with E-state index in [9.17, 15) is 0 Å². The average molecular weight is 252 g/mol. The Morgan fingerprint density at radius 1 is 0.722 bits per heavy atom. The fourth-order valence-electron chi connectivity index (χ4n) is 2.52. The van der Waals surface area contributed by atoms with Gasteiger partial charge in [-0.2, -0.15) is 0 Å². The van der Waals surface area contributed by atoms with Crippen molar-refractivity contribution in [3.05, 3.63) is 12.2 Å². The summed E-state index contributed by atoms with van der Waals surface area (Å²) in [5.41, 5.74) is 0. The summed E-state index contributed by atoms with van der Waals surface area (Å²) in [5.74, 6) is 0.931. The van der Waals surface area contributed by atoms with Crippen LogP contribution < -0.4 is 0 Å². The normalized spacial score (nSPS) is 13.3. The quantitative estimate of drug-likeness (QED) is 0.247. The van der Waals surface area contributed by atoms with E-state index in [0.717, 1.165) is 5.92 Å². The second kappa shape index (κ2) is 14.8. The Morgan fingerprint density at radius 3 is 2.00 bits per heavy atom. The van der Waals surface area contributed by atoms with E-state index in [0.29, 0.717) is 0 Å².